The maximum absolute atomic E-state index is 14.9. The van der Waals surface area contributed by atoms with E-state index in [4.69, 9.17) is 86.0 Å². The predicted molar refractivity (Wildman–Crippen MR) is 432 cm³/mol. The fraction of sp³-hybridized carbons (Fsp3) is 0.632. The van der Waals surface area contributed by atoms with Crippen molar-refractivity contribution in [2.75, 3.05) is 73.0 Å². The lowest BCUT2D eigenvalue weighted by molar-refractivity contribution is -0.136. The van der Waals surface area contributed by atoms with Crippen molar-refractivity contribution in [3.8, 4) is 5.75 Å². The van der Waals surface area contributed by atoms with Gasteiger partial charge in [-0.2, -0.15) is 0 Å². The summed E-state index contributed by atoms with van der Waals surface area (Å²) >= 11 is 0. The van der Waals surface area contributed by atoms with Crippen molar-refractivity contribution in [3.05, 3.63) is 29.8 Å². The number of rotatable bonds is 59. The Labute approximate surface area is 667 Å². The molecule has 42 N–H and O–H groups in total. The van der Waals surface area contributed by atoms with E-state index in [2.05, 4.69) is 88.4 Å². The number of primary amides is 2. The zero-order valence-electron chi connectivity index (χ0n) is 65.8. The van der Waals surface area contributed by atoms with Gasteiger partial charge in [-0.3, -0.25) is 92.3 Å². The van der Waals surface area contributed by atoms with E-state index in [9.17, 15) is 67.4 Å². The van der Waals surface area contributed by atoms with Crippen LogP contribution in [-0.2, 0) is 68.7 Å². The second kappa shape index (κ2) is 56.8. The van der Waals surface area contributed by atoms with Gasteiger partial charge in [0.25, 0.3) is 0 Å². The van der Waals surface area contributed by atoms with Crippen molar-refractivity contribution in [3.63, 3.8) is 0 Å². The summed E-state index contributed by atoms with van der Waals surface area (Å²) in [7, 11) is 3.35. The number of hydrogen-bond donors (Lipinski definition) is 27. The van der Waals surface area contributed by atoms with Crippen LogP contribution in [0.3, 0.4) is 0 Å². The van der Waals surface area contributed by atoms with Crippen LogP contribution in [0.25, 0.3) is 0 Å². The standard InChI is InChI=1S/C68H125N33O14/c1-38(102)91-50(36-39-22-24-40(103)25-23-39)54(107)90-37-52(105)92-42(17-9-30-84-63(73)74)55(108)94-43(14-4-6-28-69)57(110)95-44(15-5-7-29-70)58(111)97-46(19-11-32-86-65(77)78)59(112)98-48(21-13-34-88-67(81)82)61(114)100-49(26-27-51(71)104)62(115)99-47(20-12-33-87-66(79)80)60(113)96-45(18-10-31-85-64(75)76)56(109)93-41(53(72)106)16-8-35-89-68(83)101(2)3/h22-25,41-50,103H,4-21,26-37,69-70H2,1-3H3,(H2,71,104)(H2,72,106)(H2,83,89)(H,90,107)(H,91,102)(H,92,105)(H,93,109)(H,94,108)(H,95,110)(H,96,113)(H,97,111)(H,98,112)(H,99,115)(H,100,114)(H4,73,74,84)(H4,75,76,85)(H4,77,78,86)(H4,79,80,87)(H4,81,82,88)/t41-,42-,43-,44-,45-,46-,47-,48-,49-,50-/m0/s1. The number of aromatic hydroxyl groups is 1. The first-order chi connectivity index (χ1) is 54.4. The van der Waals surface area contributed by atoms with E-state index in [1.165, 1.54) is 19.1 Å². The number of phenolic OH excluding ortho intramolecular Hbond substituents is 1. The number of phenols is 1. The number of benzene rings is 1. The Balaban J connectivity index is 3.93. The lowest BCUT2D eigenvalue weighted by Crippen LogP contribution is -2.60. The summed E-state index contributed by atoms with van der Waals surface area (Å²) in [6, 6.07) is -8.80. The molecule has 0 fully saturated rings. The van der Waals surface area contributed by atoms with E-state index < -0.39 is 157 Å². The Bertz CT molecular complexity index is 3470. The van der Waals surface area contributed by atoms with Gasteiger partial charge in [-0.05, 0) is 153 Å². The molecular formula is C68H125N33O14. The highest BCUT2D eigenvalue weighted by Gasteiger charge is 2.36. The quantitative estimate of drug-likeness (QED) is 0.0164. The van der Waals surface area contributed by atoms with Crippen LogP contribution in [0.4, 0.5) is 0 Å². The smallest absolute Gasteiger partial charge is 0.243 e. The van der Waals surface area contributed by atoms with Crippen molar-refractivity contribution in [1.82, 2.24) is 63.4 Å². The van der Waals surface area contributed by atoms with Gasteiger partial charge in [-0.25, -0.2) is 0 Å². The third-order valence-corrected chi connectivity index (χ3v) is 16.9. The zero-order chi connectivity index (χ0) is 86.5. The molecule has 0 aliphatic rings. The highest BCUT2D eigenvalue weighted by molar-refractivity contribution is 5.99. The monoisotopic (exact) mass is 1630 g/mol. The van der Waals surface area contributed by atoms with E-state index >= 15 is 0 Å². The summed E-state index contributed by atoms with van der Waals surface area (Å²) in [6.07, 6.45) is -0.636. The molecule has 115 heavy (non-hydrogen) atoms. The van der Waals surface area contributed by atoms with Crippen LogP contribution in [-0.4, -0.2) is 256 Å². The topological polar surface area (TPSA) is 842 Å². The molecule has 13 amide bonds. The molecule has 0 saturated carbocycles. The number of aliphatic imine (C=N–C) groups is 6. The molecule has 1 aromatic carbocycles. The van der Waals surface area contributed by atoms with Gasteiger partial charge in [0.15, 0.2) is 35.8 Å². The zero-order valence-corrected chi connectivity index (χ0v) is 65.8. The van der Waals surface area contributed by atoms with Gasteiger partial charge in [0.1, 0.15) is 66.2 Å². The number of nitrogens with two attached hydrogens (primary N) is 15. The first-order valence-electron chi connectivity index (χ1n) is 37.6. The first-order valence-corrected chi connectivity index (χ1v) is 37.6. The van der Waals surface area contributed by atoms with Gasteiger partial charge in [0.05, 0.1) is 6.54 Å². The number of hydrogen-bond acceptors (Lipinski definition) is 22. The van der Waals surface area contributed by atoms with E-state index in [0.717, 1.165) is 0 Å². The van der Waals surface area contributed by atoms with Crippen LogP contribution in [0, 0.1) is 0 Å². The molecule has 0 aliphatic carbocycles. The van der Waals surface area contributed by atoms with Crippen LogP contribution in [0.1, 0.15) is 141 Å². The molecule has 47 nitrogen and oxygen atoms in total. The molecule has 0 unspecified atom stereocenters. The first kappa shape index (κ1) is 101. The van der Waals surface area contributed by atoms with Crippen LogP contribution in [0.5, 0.6) is 5.75 Å². The maximum atomic E-state index is 14.9. The molecule has 0 aromatic heterocycles. The summed E-state index contributed by atoms with van der Waals surface area (Å²) in [6.45, 7) is 0.694. The largest absolute Gasteiger partial charge is 0.508 e. The summed E-state index contributed by atoms with van der Waals surface area (Å²) in [5.41, 5.74) is 85.2. The van der Waals surface area contributed by atoms with Crippen LogP contribution in [0.15, 0.2) is 54.2 Å². The molecule has 10 atom stereocenters. The normalized spacial score (nSPS) is 13.6. The molecule has 0 heterocycles. The summed E-state index contributed by atoms with van der Waals surface area (Å²) < 4.78 is 0. The average molecular weight is 1630 g/mol. The minimum Gasteiger partial charge on any atom is -0.508 e. The van der Waals surface area contributed by atoms with E-state index in [-0.39, 0.29) is 203 Å². The second-order valence-corrected chi connectivity index (χ2v) is 26.9. The molecule has 0 radical (unpaired) electrons. The van der Waals surface area contributed by atoms with Crippen molar-refractivity contribution in [2.45, 2.75) is 202 Å². The molecule has 0 bridgehead atoms. The number of guanidine groups is 6. The number of carbonyl (C=O) groups excluding carboxylic acids is 13. The highest BCUT2D eigenvalue weighted by Crippen LogP contribution is 2.15. The van der Waals surface area contributed by atoms with Crippen molar-refractivity contribution in [2.24, 2.45) is 116 Å². The van der Waals surface area contributed by atoms with E-state index in [0.29, 0.717) is 18.4 Å². The second-order valence-electron chi connectivity index (χ2n) is 26.9. The van der Waals surface area contributed by atoms with Gasteiger partial charge >= 0.3 is 0 Å². The lowest BCUT2D eigenvalue weighted by Gasteiger charge is -2.28. The third-order valence-electron chi connectivity index (χ3n) is 16.9. The fourth-order valence-corrected chi connectivity index (χ4v) is 10.9. The summed E-state index contributed by atoms with van der Waals surface area (Å²) in [5.74, 6) is -13.1. The molecule has 646 valence electrons. The van der Waals surface area contributed by atoms with Crippen molar-refractivity contribution < 1.29 is 67.4 Å². The lowest BCUT2D eigenvalue weighted by atomic mass is 10.0. The molecule has 0 spiro atoms. The number of unbranched alkanes of at least 4 members (excludes halogenated alkanes) is 2. The van der Waals surface area contributed by atoms with E-state index in [1.54, 1.807) is 31.1 Å². The molecule has 1 aromatic rings. The Morgan fingerprint density at radius 3 is 0.904 bits per heavy atom. The van der Waals surface area contributed by atoms with Gasteiger partial charge in [0, 0.05) is 73.1 Å². The van der Waals surface area contributed by atoms with Gasteiger partial charge in [-0.15, -0.1) is 0 Å². The Morgan fingerprint density at radius 2 is 0.626 bits per heavy atom. The highest BCUT2D eigenvalue weighted by atomic mass is 16.3. The van der Waals surface area contributed by atoms with Crippen LogP contribution >= 0.6 is 0 Å². The third kappa shape index (κ3) is 46.3. The molecule has 47 heteroatoms. The van der Waals surface area contributed by atoms with Crippen LogP contribution < -0.4 is 144 Å². The summed E-state index contributed by atoms with van der Waals surface area (Å²) in [5, 5.41) is 38.2. The fourth-order valence-electron chi connectivity index (χ4n) is 10.9. The van der Waals surface area contributed by atoms with E-state index in [1.807, 2.05) is 0 Å². The van der Waals surface area contributed by atoms with Crippen molar-refractivity contribution in [1.29, 1.82) is 0 Å². The number of nitrogens with zero attached hydrogens (tertiary/aromatic N) is 7. The van der Waals surface area contributed by atoms with Crippen LogP contribution in [0.2, 0.25) is 0 Å². The predicted octanol–water partition coefficient (Wildman–Crippen LogP) is -11.1. The Morgan fingerprint density at radius 1 is 0.348 bits per heavy atom. The number of amides is 13. The number of carbonyl (C=O) groups is 13. The number of nitrogens with one attached hydrogen (secondary N) is 11. The SMILES string of the molecule is CC(=O)N[C@@H](Cc1ccc(O)cc1)C(=O)NCC(=O)N[C@@H](CCCN=C(N)N)C(=O)N[C@@H](CCCCN)C(=O)N[C@@H](CCCCN)C(=O)N[C@@H](CCCN=C(N)N)C(=O)N[C@@H](CCCN=C(N)N)C(=O)N[C@@H](CCC(N)=O)C(=O)N[C@@H](CCCN=C(N)N)C(=O)N[C@@H](CCCN=C(N)N)C(=O)N[C@@H](CCCN=C(N)N(C)C)C(N)=O. The minimum absolute atomic E-state index is 0.00187. The van der Waals surface area contributed by atoms with Gasteiger partial charge in [-0.1, -0.05) is 12.1 Å². The Hall–Kier alpha value is -12.3. The van der Waals surface area contributed by atoms with Crippen molar-refractivity contribution >= 4 is 113 Å². The molecular weight excluding hydrogens is 1500 g/mol. The molecule has 0 aliphatic heterocycles. The average Bonchev–Trinajstić information content (AvgIpc) is 0.850. The molecule has 1 rings (SSSR count). The Kier molecular flexibility index (Phi) is 49.7. The minimum atomic E-state index is -1.73. The van der Waals surface area contributed by atoms with Gasteiger partial charge < -0.3 is 154 Å². The summed E-state index contributed by atoms with van der Waals surface area (Å²) in [4.78, 5) is 207. The maximum Gasteiger partial charge on any atom is 0.243 e. The molecule has 0 saturated heterocycles. The van der Waals surface area contributed by atoms with Gasteiger partial charge in [0.2, 0.25) is 76.8 Å².